The van der Waals surface area contributed by atoms with Crippen LogP contribution in [-0.2, 0) is 11.3 Å². The van der Waals surface area contributed by atoms with Gasteiger partial charge in [-0.1, -0.05) is 12.1 Å². The second kappa shape index (κ2) is 6.49. The van der Waals surface area contributed by atoms with Crippen molar-refractivity contribution < 1.29 is 13.9 Å². The predicted octanol–water partition coefficient (Wildman–Crippen LogP) is 0.640. The summed E-state index contributed by atoms with van der Waals surface area (Å²) < 4.78 is 20.3. The van der Waals surface area contributed by atoms with Gasteiger partial charge >= 0.3 is 0 Å². The molecular weight excluding hydrogens is 317 g/mol. The van der Waals surface area contributed by atoms with E-state index in [0.717, 1.165) is 0 Å². The summed E-state index contributed by atoms with van der Waals surface area (Å²) >= 11 is 0. The van der Waals surface area contributed by atoms with Gasteiger partial charge in [-0.25, -0.2) is 4.39 Å². The van der Waals surface area contributed by atoms with Crippen molar-refractivity contribution in [3.8, 4) is 5.75 Å². The number of carbonyl (C=O) groups is 1. The van der Waals surface area contributed by atoms with Crippen molar-refractivity contribution in [3.63, 3.8) is 0 Å². The average Bonchev–Trinajstić information content (AvgIpc) is 2.99. The topological polar surface area (TPSA) is 101 Å². The second-order valence-corrected chi connectivity index (χ2v) is 5.01. The maximum absolute atomic E-state index is 13.5. The van der Waals surface area contributed by atoms with Crippen molar-refractivity contribution in [3.05, 3.63) is 58.7 Å². The van der Waals surface area contributed by atoms with Crippen LogP contribution in [0.3, 0.4) is 0 Å². The van der Waals surface area contributed by atoms with E-state index in [9.17, 15) is 14.0 Å². The molecule has 8 nitrogen and oxygen atoms in total. The summed E-state index contributed by atoms with van der Waals surface area (Å²) in [4.78, 5) is 26.1. The zero-order valence-electron chi connectivity index (χ0n) is 12.7. The number of fused-ring (bicyclic) bond motifs is 1. The Balaban J connectivity index is 1.65. The molecule has 3 rings (SSSR count). The molecular formula is C15H14FN5O3. The molecule has 0 bridgehead atoms. The fourth-order valence-electron chi connectivity index (χ4n) is 2.10. The number of carbonyl (C=O) groups excluding carboxylic acids is 1. The number of rotatable bonds is 5. The number of hydrogen-bond donors (Lipinski definition) is 2. The summed E-state index contributed by atoms with van der Waals surface area (Å²) in [6.07, 6.45) is 2.13. The molecule has 0 unspecified atom stereocenters. The lowest BCUT2D eigenvalue weighted by atomic mass is 10.3. The van der Waals surface area contributed by atoms with Crippen molar-refractivity contribution in [1.29, 1.82) is 0 Å². The molecule has 2 heterocycles. The molecule has 0 radical (unpaired) electrons. The molecule has 1 aromatic carbocycles. The Hall–Kier alpha value is -3.23. The fourth-order valence-corrected chi connectivity index (χ4v) is 2.10. The van der Waals surface area contributed by atoms with E-state index in [1.54, 1.807) is 12.3 Å². The molecule has 0 aliphatic rings. The number of amides is 1. The van der Waals surface area contributed by atoms with Gasteiger partial charge in [0.2, 0.25) is 5.65 Å². The highest BCUT2D eigenvalue weighted by Crippen LogP contribution is 2.17. The molecule has 0 spiro atoms. The first kappa shape index (κ1) is 15.7. The number of ether oxygens (including phenoxy) is 1. The highest BCUT2D eigenvalue weighted by Gasteiger charge is 2.17. The Kier molecular flexibility index (Phi) is 4.23. The zero-order valence-corrected chi connectivity index (χ0v) is 12.7. The third-order valence-corrected chi connectivity index (χ3v) is 3.34. The molecule has 0 aliphatic heterocycles. The number of para-hydroxylation sites is 1. The summed E-state index contributed by atoms with van der Waals surface area (Å²) in [7, 11) is 0. The summed E-state index contributed by atoms with van der Waals surface area (Å²) in [5.74, 6) is -0.596. The molecule has 2 aromatic heterocycles. The Morgan fingerprint density at radius 2 is 2.21 bits per heavy atom. The minimum atomic E-state index is -0.899. The quantitative estimate of drug-likeness (QED) is 0.714. The number of nitrogens with zero attached hydrogens (tertiary/aromatic N) is 3. The van der Waals surface area contributed by atoms with Crippen LogP contribution in [0, 0.1) is 5.82 Å². The molecule has 0 saturated heterocycles. The lowest BCUT2D eigenvalue weighted by Gasteiger charge is -2.14. The number of benzene rings is 1. The maximum Gasteiger partial charge on any atom is 0.293 e. The van der Waals surface area contributed by atoms with Gasteiger partial charge in [0.25, 0.3) is 11.5 Å². The SMILES string of the molecule is C[C@H](Oc1ccccc1F)C(=O)NCc1nnc2c(=O)[nH]ccn12. The van der Waals surface area contributed by atoms with E-state index in [-0.39, 0.29) is 23.5 Å². The fraction of sp³-hybridized carbons (Fsp3) is 0.200. The Morgan fingerprint density at radius 1 is 1.42 bits per heavy atom. The summed E-state index contributed by atoms with van der Waals surface area (Å²) in [5.41, 5.74) is -0.240. The molecule has 24 heavy (non-hydrogen) atoms. The maximum atomic E-state index is 13.5. The first-order valence-corrected chi connectivity index (χ1v) is 7.16. The lowest BCUT2D eigenvalue weighted by Crippen LogP contribution is -2.36. The average molecular weight is 331 g/mol. The van der Waals surface area contributed by atoms with Gasteiger partial charge in [-0.15, -0.1) is 10.2 Å². The number of nitrogens with one attached hydrogen (secondary N) is 2. The van der Waals surface area contributed by atoms with Crippen LogP contribution in [0.25, 0.3) is 5.65 Å². The van der Waals surface area contributed by atoms with E-state index in [1.807, 2.05) is 0 Å². The smallest absolute Gasteiger partial charge is 0.293 e. The van der Waals surface area contributed by atoms with E-state index in [4.69, 9.17) is 4.74 Å². The van der Waals surface area contributed by atoms with E-state index in [1.165, 1.54) is 35.7 Å². The van der Waals surface area contributed by atoms with Crippen LogP contribution in [0.2, 0.25) is 0 Å². The normalized spacial score (nSPS) is 12.1. The highest BCUT2D eigenvalue weighted by atomic mass is 19.1. The molecule has 124 valence electrons. The largest absolute Gasteiger partial charge is 0.478 e. The molecule has 3 aromatic rings. The molecule has 0 fully saturated rings. The first-order valence-electron chi connectivity index (χ1n) is 7.16. The van der Waals surface area contributed by atoms with Crippen molar-refractivity contribution in [2.24, 2.45) is 0 Å². The van der Waals surface area contributed by atoms with E-state index in [2.05, 4.69) is 20.5 Å². The van der Waals surface area contributed by atoms with Crippen LogP contribution in [-0.4, -0.2) is 31.6 Å². The van der Waals surface area contributed by atoms with Crippen LogP contribution < -0.4 is 15.6 Å². The molecule has 1 amide bonds. The first-order chi connectivity index (χ1) is 11.6. The van der Waals surface area contributed by atoms with Gasteiger partial charge in [-0.3, -0.25) is 14.0 Å². The standard InChI is InChI=1S/C15H14FN5O3/c1-9(24-11-5-3-2-4-10(11)16)14(22)18-8-12-19-20-13-15(23)17-6-7-21(12)13/h2-7,9H,8H2,1H3,(H,17,23)(H,18,22)/t9-/m0/s1. The molecule has 2 N–H and O–H groups in total. The van der Waals surface area contributed by atoms with Crippen LogP contribution in [0.15, 0.2) is 41.5 Å². The monoisotopic (exact) mass is 331 g/mol. The van der Waals surface area contributed by atoms with Gasteiger partial charge < -0.3 is 15.0 Å². The molecule has 0 aliphatic carbocycles. The minimum Gasteiger partial charge on any atom is -0.478 e. The molecule has 9 heteroatoms. The molecule has 0 saturated carbocycles. The summed E-state index contributed by atoms with van der Waals surface area (Å²) in [6.45, 7) is 1.56. The minimum absolute atomic E-state index is 0.000360. The lowest BCUT2D eigenvalue weighted by molar-refractivity contribution is -0.127. The van der Waals surface area contributed by atoms with Gasteiger partial charge in [0.15, 0.2) is 23.5 Å². The van der Waals surface area contributed by atoms with Crippen LogP contribution >= 0.6 is 0 Å². The summed E-state index contributed by atoms with van der Waals surface area (Å²) in [5, 5.41) is 10.2. The third kappa shape index (κ3) is 3.09. The zero-order chi connectivity index (χ0) is 17.1. The second-order valence-electron chi connectivity index (χ2n) is 5.01. The molecule has 1 atom stereocenters. The number of aromatic nitrogens is 4. The van der Waals surface area contributed by atoms with Crippen LogP contribution in [0.1, 0.15) is 12.7 Å². The van der Waals surface area contributed by atoms with Crippen molar-refractivity contribution in [2.45, 2.75) is 19.6 Å². The van der Waals surface area contributed by atoms with Gasteiger partial charge in [-0.05, 0) is 19.1 Å². The Bertz CT molecular complexity index is 936. The number of halogens is 1. The van der Waals surface area contributed by atoms with Crippen molar-refractivity contribution in [1.82, 2.24) is 24.9 Å². The van der Waals surface area contributed by atoms with E-state index >= 15 is 0 Å². The highest BCUT2D eigenvalue weighted by molar-refractivity contribution is 5.80. The third-order valence-electron chi connectivity index (χ3n) is 3.34. The van der Waals surface area contributed by atoms with Crippen molar-refractivity contribution in [2.75, 3.05) is 0 Å². The number of H-pyrrole nitrogens is 1. The summed E-state index contributed by atoms with van der Waals surface area (Å²) in [6, 6.07) is 5.84. The van der Waals surface area contributed by atoms with Crippen LogP contribution in [0.5, 0.6) is 5.75 Å². The number of hydrogen-bond acceptors (Lipinski definition) is 5. The van der Waals surface area contributed by atoms with Crippen LogP contribution in [0.4, 0.5) is 4.39 Å². The van der Waals surface area contributed by atoms with Gasteiger partial charge in [0, 0.05) is 12.4 Å². The predicted molar refractivity (Wildman–Crippen MR) is 81.9 cm³/mol. The van der Waals surface area contributed by atoms with Gasteiger partial charge in [0.05, 0.1) is 6.54 Å². The Labute approximate surface area is 135 Å². The van der Waals surface area contributed by atoms with Crippen molar-refractivity contribution >= 4 is 11.6 Å². The Morgan fingerprint density at radius 3 is 3.00 bits per heavy atom. The van der Waals surface area contributed by atoms with Gasteiger partial charge in [0.1, 0.15) is 0 Å². The number of aromatic amines is 1. The van der Waals surface area contributed by atoms with Gasteiger partial charge in [-0.2, -0.15) is 0 Å². The van der Waals surface area contributed by atoms with E-state index in [0.29, 0.717) is 5.82 Å². The van der Waals surface area contributed by atoms with E-state index < -0.39 is 17.8 Å².